The summed E-state index contributed by atoms with van der Waals surface area (Å²) in [5, 5.41) is 3.11. The van der Waals surface area contributed by atoms with E-state index in [1.165, 1.54) is 18.4 Å². The summed E-state index contributed by atoms with van der Waals surface area (Å²) in [5.41, 5.74) is 0.968. The fourth-order valence-electron chi connectivity index (χ4n) is 1.64. The number of hydrogen-bond donors (Lipinski definition) is 1. The van der Waals surface area contributed by atoms with E-state index in [1.807, 2.05) is 12.1 Å². The predicted octanol–water partition coefficient (Wildman–Crippen LogP) is 1.45. The number of nitrogens with zero attached hydrogens (tertiary/aromatic N) is 1. The molecule has 120 valence electrons. The van der Waals surface area contributed by atoms with Crippen LogP contribution in [-0.4, -0.2) is 53.3 Å². The highest BCUT2D eigenvalue weighted by atomic mass is 79.9. The van der Waals surface area contributed by atoms with Gasteiger partial charge in [0.05, 0.1) is 20.0 Å². The van der Waals surface area contributed by atoms with Crippen LogP contribution >= 0.6 is 15.9 Å². The van der Waals surface area contributed by atoms with Gasteiger partial charge in [-0.2, -0.15) is 0 Å². The fraction of sp³-hybridized carbons (Fsp3) is 0.538. The van der Waals surface area contributed by atoms with Crippen LogP contribution in [0.1, 0.15) is 5.56 Å². The van der Waals surface area contributed by atoms with Gasteiger partial charge in [-0.15, -0.1) is 0 Å². The molecule has 0 saturated heterocycles. The Bertz CT molecular complexity index is 576. The Hall–Kier alpha value is -0.830. The van der Waals surface area contributed by atoms with Crippen LogP contribution in [-0.2, 0) is 16.6 Å². The van der Waals surface area contributed by atoms with E-state index < -0.39 is 10.0 Å². The molecule has 0 heterocycles. The van der Waals surface area contributed by atoms with Gasteiger partial charge in [0.15, 0.2) is 11.5 Å². The van der Waals surface area contributed by atoms with E-state index in [0.717, 1.165) is 10.0 Å². The molecule has 6 nitrogen and oxygen atoms in total. The molecule has 0 aliphatic carbocycles. The maximum absolute atomic E-state index is 11.6. The maximum atomic E-state index is 11.6. The highest BCUT2D eigenvalue weighted by Crippen LogP contribution is 2.33. The minimum absolute atomic E-state index is 0.0604. The smallest absolute Gasteiger partial charge is 0.214 e. The highest BCUT2D eigenvalue weighted by Gasteiger charge is 2.13. The topological polar surface area (TPSA) is 67.9 Å². The number of benzene rings is 1. The Morgan fingerprint density at radius 3 is 2.29 bits per heavy atom. The van der Waals surface area contributed by atoms with Crippen LogP contribution in [0.5, 0.6) is 11.5 Å². The lowest BCUT2D eigenvalue weighted by Crippen LogP contribution is -2.31. The molecule has 1 aromatic rings. The average Bonchev–Trinajstić information content (AvgIpc) is 2.44. The molecule has 1 rings (SSSR count). The molecule has 0 aliphatic heterocycles. The van der Waals surface area contributed by atoms with Gasteiger partial charge in [-0.25, -0.2) is 12.7 Å². The summed E-state index contributed by atoms with van der Waals surface area (Å²) in [7, 11) is 3.04. The van der Waals surface area contributed by atoms with E-state index in [4.69, 9.17) is 9.47 Å². The van der Waals surface area contributed by atoms with Gasteiger partial charge in [-0.1, -0.05) is 15.9 Å². The molecule has 0 radical (unpaired) electrons. The van der Waals surface area contributed by atoms with Gasteiger partial charge in [0.1, 0.15) is 0 Å². The highest BCUT2D eigenvalue weighted by molar-refractivity contribution is 9.10. The zero-order valence-corrected chi connectivity index (χ0v) is 15.0. The minimum atomic E-state index is -3.17. The molecule has 1 N–H and O–H groups in total. The van der Waals surface area contributed by atoms with E-state index in [0.29, 0.717) is 24.6 Å². The van der Waals surface area contributed by atoms with Crippen LogP contribution in [0.15, 0.2) is 16.6 Å². The lowest BCUT2D eigenvalue weighted by atomic mass is 10.2. The van der Waals surface area contributed by atoms with Gasteiger partial charge in [0.25, 0.3) is 0 Å². The standard InChI is InChI=1S/C13H21BrN2O4S/c1-16(2)21(17,18)6-5-15-9-10-7-12(19-3)13(20-4)8-11(10)14/h7-8,15H,5-6,9H2,1-4H3. The number of rotatable bonds is 8. The largest absolute Gasteiger partial charge is 0.493 e. The van der Waals surface area contributed by atoms with Crippen LogP contribution in [0, 0.1) is 0 Å². The third kappa shape index (κ3) is 5.14. The van der Waals surface area contributed by atoms with E-state index >= 15 is 0 Å². The first-order valence-electron chi connectivity index (χ1n) is 6.33. The van der Waals surface area contributed by atoms with Crippen molar-refractivity contribution in [3.63, 3.8) is 0 Å². The second-order valence-corrected chi connectivity index (χ2v) is 7.73. The van der Waals surface area contributed by atoms with Crippen molar-refractivity contribution in [3.05, 3.63) is 22.2 Å². The quantitative estimate of drug-likeness (QED) is 0.691. The number of ether oxygens (including phenoxy) is 2. The predicted molar refractivity (Wildman–Crippen MR) is 86.4 cm³/mol. The summed E-state index contributed by atoms with van der Waals surface area (Å²) in [6.07, 6.45) is 0. The van der Waals surface area contributed by atoms with Crippen molar-refractivity contribution < 1.29 is 17.9 Å². The van der Waals surface area contributed by atoms with Crippen LogP contribution in [0.2, 0.25) is 0 Å². The van der Waals surface area contributed by atoms with Crippen molar-refractivity contribution in [1.82, 2.24) is 9.62 Å². The van der Waals surface area contributed by atoms with Crippen LogP contribution < -0.4 is 14.8 Å². The Labute approximate surface area is 134 Å². The normalized spacial score (nSPS) is 11.7. The first-order chi connectivity index (χ1) is 9.81. The van der Waals surface area contributed by atoms with Gasteiger partial charge in [0, 0.05) is 31.7 Å². The van der Waals surface area contributed by atoms with Crippen molar-refractivity contribution in [1.29, 1.82) is 0 Å². The van der Waals surface area contributed by atoms with Gasteiger partial charge < -0.3 is 14.8 Å². The zero-order valence-electron chi connectivity index (χ0n) is 12.6. The SMILES string of the molecule is COc1cc(Br)c(CNCCS(=O)(=O)N(C)C)cc1OC. The van der Waals surface area contributed by atoms with Gasteiger partial charge in [0.2, 0.25) is 10.0 Å². The molecule has 0 aromatic heterocycles. The summed E-state index contributed by atoms with van der Waals surface area (Å²) >= 11 is 3.46. The van der Waals surface area contributed by atoms with Crippen LogP contribution in [0.4, 0.5) is 0 Å². The monoisotopic (exact) mass is 380 g/mol. The number of methoxy groups -OCH3 is 2. The first kappa shape index (κ1) is 18.2. The molecular weight excluding hydrogens is 360 g/mol. The maximum Gasteiger partial charge on any atom is 0.214 e. The van der Waals surface area contributed by atoms with Crippen molar-refractivity contribution >= 4 is 26.0 Å². The van der Waals surface area contributed by atoms with Gasteiger partial charge in [-0.3, -0.25) is 0 Å². The number of hydrogen-bond acceptors (Lipinski definition) is 5. The van der Waals surface area contributed by atoms with Gasteiger partial charge >= 0.3 is 0 Å². The summed E-state index contributed by atoms with van der Waals surface area (Å²) in [6.45, 7) is 0.908. The van der Waals surface area contributed by atoms with Gasteiger partial charge in [-0.05, 0) is 17.7 Å². The summed E-state index contributed by atoms with van der Waals surface area (Å²) < 4.78 is 35.8. The molecule has 8 heteroatoms. The third-order valence-corrected chi connectivity index (χ3v) is 5.53. The number of nitrogens with one attached hydrogen (secondary N) is 1. The van der Waals surface area contributed by atoms with Crippen molar-refractivity contribution in [2.45, 2.75) is 6.54 Å². The lowest BCUT2D eigenvalue weighted by molar-refractivity contribution is 0.354. The molecule has 1 aromatic carbocycles. The average molecular weight is 381 g/mol. The Morgan fingerprint density at radius 2 is 1.76 bits per heavy atom. The second kappa shape index (κ2) is 7.98. The lowest BCUT2D eigenvalue weighted by Gasteiger charge is -2.14. The molecular formula is C13H21BrN2O4S. The zero-order chi connectivity index (χ0) is 16.0. The van der Waals surface area contributed by atoms with Crippen LogP contribution in [0.3, 0.4) is 0 Å². The van der Waals surface area contributed by atoms with Crippen LogP contribution in [0.25, 0.3) is 0 Å². The molecule has 0 amide bonds. The molecule has 0 atom stereocenters. The Kier molecular flexibility index (Phi) is 6.92. The Morgan fingerprint density at radius 1 is 1.19 bits per heavy atom. The summed E-state index contributed by atoms with van der Waals surface area (Å²) in [4.78, 5) is 0. The van der Waals surface area contributed by atoms with Crippen molar-refractivity contribution in [2.24, 2.45) is 0 Å². The van der Waals surface area contributed by atoms with E-state index in [2.05, 4.69) is 21.2 Å². The van der Waals surface area contributed by atoms with E-state index in [-0.39, 0.29) is 5.75 Å². The second-order valence-electron chi connectivity index (χ2n) is 4.57. The third-order valence-electron chi connectivity index (χ3n) is 2.96. The number of halogens is 1. The molecule has 0 bridgehead atoms. The minimum Gasteiger partial charge on any atom is -0.493 e. The Balaban J connectivity index is 2.64. The van der Waals surface area contributed by atoms with Crippen molar-refractivity contribution in [2.75, 3.05) is 40.6 Å². The first-order valence-corrected chi connectivity index (χ1v) is 8.73. The van der Waals surface area contributed by atoms with E-state index in [9.17, 15) is 8.42 Å². The summed E-state index contributed by atoms with van der Waals surface area (Å²) in [6, 6.07) is 3.68. The molecule has 0 aliphatic rings. The number of sulfonamides is 1. The molecule has 0 spiro atoms. The fourth-order valence-corrected chi connectivity index (χ4v) is 2.87. The van der Waals surface area contributed by atoms with Crippen molar-refractivity contribution in [3.8, 4) is 11.5 Å². The molecule has 0 unspecified atom stereocenters. The summed E-state index contributed by atoms with van der Waals surface area (Å²) in [5.74, 6) is 1.34. The van der Waals surface area contributed by atoms with E-state index in [1.54, 1.807) is 14.2 Å². The molecule has 21 heavy (non-hydrogen) atoms. The molecule has 0 saturated carbocycles. The molecule has 0 fully saturated rings.